The van der Waals surface area contributed by atoms with Crippen molar-refractivity contribution in [3.63, 3.8) is 0 Å². The third-order valence-corrected chi connectivity index (χ3v) is 3.25. The maximum absolute atomic E-state index is 4.56. The molecule has 0 saturated heterocycles. The average molecular weight is 222 g/mol. The standard InChI is InChI=1S/C14H22S/c1-3-5-8-12-9-7-11-14(15)13(12)10-6-4-2/h7,9,11,15H,3-6,8,10H2,1-2H3. The molecule has 15 heavy (non-hydrogen) atoms. The van der Waals surface area contributed by atoms with Gasteiger partial charge in [-0.05, 0) is 42.9 Å². The number of hydrogen-bond donors (Lipinski definition) is 1. The van der Waals surface area contributed by atoms with Crippen molar-refractivity contribution >= 4 is 12.6 Å². The van der Waals surface area contributed by atoms with Crippen LogP contribution in [-0.4, -0.2) is 0 Å². The Bertz CT molecular complexity index is 291. The van der Waals surface area contributed by atoms with Crippen LogP contribution in [0.25, 0.3) is 0 Å². The third-order valence-electron chi connectivity index (χ3n) is 2.83. The summed E-state index contributed by atoms with van der Waals surface area (Å²) in [6.07, 6.45) is 7.49. The first-order valence-corrected chi connectivity index (χ1v) is 6.54. The van der Waals surface area contributed by atoms with Gasteiger partial charge in [0.05, 0.1) is 0 Å². The second-order valence-electron chi connectivity index (χ2n) is 4.12. The molecule has 0 amide bonds. The minimum absolute atomic E-state index is 1.18. The van der Waals surface area contributed by atoms with Gasteiger partial charge < -0.3 is 0 Å². The van der Waals surface area contributed by atoms with Crippen LogP contribution in [0, 0.1) is 0 Å². The zero-order valence-corrected chi connectivity index (χ0v) is 10.8. The fraction of sp³-hybridized carbons (Fsp3) is 0.571. The number of aryl methyl sites for hydroxylation is 1. The van der Waals surface area contributed by atoms with Gasteiger partial charge >= 0.3 is 0 Å². The minimum atomic E-state index is 1.18. The summed E-state index contributed by atoms with van der Waals surface area (Å²) in [5.74, 6) is 0. The second-order valence-corrected chi connectivity index (χ2v) is 4.60. The number of rotatable bonds is 6. The summed E-state index contributed by atoms with van der Waals surface area (Å²) in [6, 6.07) is 6.51. The van der Waals surface area contributed by atoms with Gasteiger partial charge in [0.15, 0.2) is 0 Å². The topological polar surface area (TPSA) is 0 Å². The Hall–Kier alpha value is -0.430. The van der Waals surface area contributed by atoms with Crippen molar-refractivity contribution in [3.05, 3.63) is 29.3 Å². The Morgan fingerprint density at radius 3 is 2.33 bits per heavy atom. The predicted octanol–water partition coefficient (Wildman–Crippen LogP) is 4.66. The number of hydrogen-bond acceptors (Lipinski definition) is 1. The lowest BCUT2D eigenvalue weighted by Gasteiger charge is -2.11. The molecule has 0 bridgehead atoms. The van der Waals surface area contributed by atoms with E-state index in [4.69, 9.17) is 0 Å². The Kier molecular flexibility index (Phi) is 5.85. The monoisotopic (exact) mass is 222 g/mol. The molecule has 0 radical (unpaired) electrons. The molecule has 0 aliphatic rings. The van der Waals surface area contributed by atoms with E-state index in [0.29, 0.717) is 0 Å². The average Bonchev–Trinajstić information content (AvgIpc) is 2.25. The van der Waals surface area contributed by atoms with Gasteiger partial charge in [-0.25, -0.2) is 0 Å². The summed E-state index contributed by atoms with van der Waals surface area (Å²) < 4.78 is 0. The predicted molar refractivity (Wildman–Crippen MR) is 70.9 cm³/mol. The zero-order valence-electron chi connectivity index (χ0n) is 9.92. The molecule has 0 spiro atoms. The molecule has 0 fully saturated rings. The Morgan fingerprint density at radius 2 is 1.67 bits per heavy atom. The molecule has 1 aromatic rings. The molecule has 1 rings (SSSR count). The summed E-state index contributed by atoms with van der Waals surface area (Å²) in [4.78, 5) is 1.18. The molecule has 0 aromatic heterocycles. The number of benzene rings is 1. The number of unbranched alkanes of at least 4 members (excludes halogenated alkanes) is 2. The highest BCUT2D eigenvalue weighted by molar-refractivity contribution is 7.80. The number of thiol groups is 1. The van der Waals surface area contributed by atoms with Crippen molar-refractivity contribution in [1.82, 2.24) is 0 Å². The molecule has 1 aromatic carbocycles. The van der Waals surface area contributed by atoms with Gasteiger partial charge in [-0.2, -0.15) is 0 Å². The largest absolute Gasteiger partial charge is 0.143 e. The highest BCUT2D eigenvalue weighted by atomic mass is 32.1. The fourth-order valence-corrected chi connectivity index (χ4v) is 2.21. The van der Waals surface area contributed by atoms with Crippen molar-refractivity contribution in [2.45, 2.75) is 57.3 Å². The first kappa shape index (κ1) is 12.6. The first-order valence-electron chi connectivity index (χ1n) is 6.09. The molecule has 0 unspecified atom stereocenters. The SMILES string of the molecule is CCCCc1cccc(S)c1CCCC. The van der Waals surface area contributed by atoms with E-state index >= 15 is 0 Å². The van der Waals surface area contributed by atoms with Gasteiger partial charge in [0, 0.05) is 4.90 Å². The van der Waals surface area contributed by atoms with E-state index < -0.39 is 0 Å². The molecule has 0 heterocycles. The Balaban J connectivity index is 2.77. The van der Waals surface area contributed by atoms with E-state index in [9.17, 15) is 0 Å². The van der Waals surface area contributed by atoms with Crippen LogP contribution < -0.4 is 0 Å². The summed E-state index contributed by atoms with van der Waals surface area (Å²) in [6.45, 7) is 4.49. The first-order chi connectivity index (χ1) is 7.29. The summed E-state index contributed by atoms with van der Waals surface area (Å²) in [5.41, 5.74) is 2.99. The van der Waals surface area contributed by atoms with Crippen LogP contribution in [0.4, 0.5) is 0 Å². The Morgan fingerprint density at radius 1 is 1.00 bits per heavy atom. The van der Waals surface area contributed by atoms with E-state index in [0.717, 1.165) is 0 Å². The van der Waals surface area contributed by atoms with Crippen LogP contribution in [0.2, 0.25) is 0 Å². The lowest BCUT2D eigenvalue weighted by atomic mass is 9.98. The fourth-order valence-electron chi connectivity index (χ4n) is 1.86. The summed E-state index contributed by atoms with van der Waals surface area (Å²) >= 11 is 4.56. The van der Waals surface area contributed by atoms with Crippen molar-refractivity contribution in [1.29, 1.82) is 0 Å². The van der Waals surface area contributed by atoms with Gasteiger partial charge in [0.1, 0.15) is 0 Å². The summed E-state index contributed by atoms with van der Waals surface area (Å²) in [5, 5.41) is 0. The molecule has 0 saturated carbocycles. The molecular formula is C14H22S. The minimum Gasteiger partial charge on any atom is -0.143 e. The van der Waals surface area contributed by atoms with Gasteiger partial charge in [0.25, 0.3) is 0 Å². The van der Waals surface area contributed by atoms with Gasteiger partial charge in [-0.15, -0.1) is 12.6 Å². The van der Waals surface area contributed by atoms with E-state index in [-0.39, 0.29) is 0 Å². The highest BCUT2D eigenvalue weighted by Crippen LogP contribution is 2.22. The molecule has 0 aliphatic carbocycles. The zero-order chi connectivity index (χ0) is 11.1. The van der Waals surface area contributed by atoms with Crippen LogP contribution in [0.5, 0.6) is 0 Å². The molecule has 0 aliphatic heterocycles. The van der Waals surface area contributed by atoms with Crippen LogP contribution in [0.3, 0.4) is 0 Å². The highest BCUT2D eigenvalue weighted by Gasteiger charge is 2.04. The van der Waals surface area contributed by atoms with Crippen molar-refractivity contribution < 1.29 is 0 Å². The molecule has 1 heteroatoms. The molecule has 0 atom stereocenters. The lowest BCUT2D eigenvalue weighted by Crippen LogP contribution is -1.96. The van der Waals surface area contributed by atoms with E-state index in [2.05, 4.69) is 44.7 Å². The van der Waals surface area contributed by atoms with Crippen molar-refractivity contribution in [2.75, 3.05) is 0 Å². The lowest BCUT2D eigenvalue weighted by molar-refractivity contribution is 0.749. The molecular weight excluding hydrogens is 200 g/mol. The van der Waals surface area contributed by atoms with Crippen molar-refractivity contribution in [2.24, 2.45) is 0 Å². The molecule has 0 nitrogen and oxygen atoms in total. The van der Waals surface area contributed by atoms with Crippen molar-refractivity contribution in [3.8, 4) is 0 Å². The van der Waals surface area contributed by atoms with Gasteiger partial charge in [-0.3, -0.25) is 0 Å². The normalized spacial score (nSPS) is 10.6. The van der Waals surface area contributed by atoms with Crippen LogP contribution in [0.15, 0.2) is 23.1 Å². The van der Waals surface area contributed by atoms with Crippen LogP contribution in [-0.2, 0) is 12.8 Å². The van der Waals surface area contributed by atoms with Gasteiger partial charge in [0.2, 0.25) is 0 Å². The maximum atomic E-state index is 4.56. The summed E-state index contributed by atoms with van der Waals surface area (Å²) in [7, 11) is 0. The van der Waals surface area contributed by atoms with E-state index in [1.54, 1.807) is 0 Å². The smallest absolute Gasteiger partial charge is 0.00747 e. The van der Waals surface area contributed by atoms with E-state index in [1.165, 1.54) is 54.5 Å². The second kappa shape index (κ2) is 6.95. The maximum Gasteiger partial charge on any atom is 0.00747 e. The molecule has 84 valence electrons. The molecule has 0 N–H and O–H groups in total. The van der Waals surface area contributed by atoms with Gasteiger partial charge in [-0.1, -0.05) is 38.8 Å². The Labute approximate surface area is 99.5 Å². The quantitative estimate of drug-likeness (QED) is 0.665. The third kappa shape index (κ3) is 3.90. The van der Waals surface area contributed by atoms with Crippen LogP contribution >= 0.6 is 12.6 Å². The van der Waals surface area contributed by atoms with Crippen LogP contribution in [0.1, 0.15) is 50.7 Å². The van der Waals surface area contributed by atoms with E-state index in [1.807, 2.05) is 0 Å².